The SMILES string of the molecule is CC(C)(C)C1c2ccccc2C(C)(C)C1O. The molecule has 0 fully saturated rings. The molecule has 1 aromatic carbocycles. The third-order valence-corrected chi connectivity index (χ3v) is 3.98. The van der Waals surface area contributed by atoms with E-state index in [2.05, 4.69) is 58.9 Å². The quantitative estimate of drug-likeness (QED) is 0.707. The topological polar surface area (TPSA) is 20.2 Å². The maximum Gasteiger partial charge on any atom is 0.0705 e. The van der Waals surface area contributed by atoms with Gasteiger partial charge in [0.1, 0.15) is 0 Å². The lowest BCUT2D eigenvalue weighted by Crippen LogP contribution is -2.36. The van der Waals surface area contributed by atoms with Crippen LogP contribution in [0.5, 0.6) is 0 Å². The van der Waals surface area contributed by atoms with E-state index in [1.807, 2.05) is 0 Å². The summed E-state index contributed by atoms with van der Waals surface area (Å²) in [5.74, 6) is 0.235. The van der Waals surface area contributed by atoms with Crippen molar-refractivity contribution >= 4 is 0 Å². The summed E-state index contributed by atoms with van der Waals surface area (Å²) in [5.41, 5.74) is 2.60. The zero-order chi connectivity index (χ0) is 12.1. The lowest BCUT2D eigenvalue weighted by molar-refractivity contribution is 0.0519. The first-order valence-corrected chi connectivity index (χ1v) is 6.03. The second-order valence-electron chi connectivity index (χ2n) is 6.60. The first-order chi connectivity index (χ1) is 7.26. The van der Waals surface area contributed by atoms with E-state index in [1.54, 1.807) is 0 Å². The number of aliphatic hydroxyl groups is 1. The standard InChI is InChI=1S/C15H22O/c1-14(2,3)12-10-8-6-7-9-11(10)15(4,5)13(12)16/h6-9,12-13,16H,1-5H3. The minimum atomic E-state index is -0.287. The van der Waals surface area contributed by atoms with Gasteiger partial charge in [0.25, 0.3) is 0 Å². The van der Waals surface area contributed by atoms with Crippen LogP contribution in [0.15, 0.2) is 24.3 Å². The summed E-state index contributed by atoms with van der Waals surface area (Å²) in [6.45, 7) is 10.9. The Morgan fingerprint density at radius 1 is 1.12 bits per heavy atom. The molecule has 1 aromatic rings. The number of aliphatic hydroxyl groups excluding tert-OH is 1. The van der Waals surface area contributed by atoms with Gasteiger partial charge in [-0.05, 0) is 16.5 Å². The number of hydrogen-bond acceptors (Lipinski definition) is 1. The first-order valence-electron chi connectivity index (χ1n) is 6.03. The Morgan fingerprint density at radius 2 is 1.69 bits per heavy atom. The summed E-state index contributed by atoms with van der Waals surface area (Å²) >= 11 is 0. The van der Waals surface area contributed by atoms with Crippen LogP contribution in [-0.4, -0.2) is 11.2 Å². The van der Waals surface area contributed by atoms with Gasteiger partial charge in [-0.25, -0.2) is 0 Å². The third kappa shape index (κ3) is 1.49. The maximum absolute atomic E-state index is 10.6. The average Bonchev–Trinajstić information content (AvgIpc) is 2.35. The predicted molar refractivity (Wildman–Crippen MR) is 67.7 cm³/mol. The van der Waals surface area contributed by atoms with Crippen LogP contribution in [0.2, 0.25) is 0 Å². The Labute approximate surface area is 98.5 Å². The summed E-state index contributed by atoms with van der Waals surface area (Å²) in [7, 11) is 0. The van der Waals surface area contributed by atoms with Gasteiger partial charge in [-0.2, -0.15) is 0 Å². The van der Waals surface area contributed by atoms with Crippen molar-refractivity contribution < 1.29 is 5.11 Å². The van der Waals surface area contributed by atoms with Gasteiger partial charge in [-0.15, -0.1) is 0 Å². The fourth-order valence-electron chi connectivity index (χ4n) is 3.04. The molecule has 0 saturated heterocycles. The van der Waals surface area contributed by atoms with Crippen LogP contribution in [0.1, 0.15) is 51.7 Å². The summed E-state index contributed by atoms with van der Waals surface area (Å²) < 4.78 is 0. The van der Waals surface area contributed by atoms with Crippen LogP contribution in [0.25, 0.3) is 0 Å². The molecule has 0 aromatic heterocycles. The molecular formula is C15H22O. The van der Waals surface area contributed by atoms with Crippen molar-refractivity contribution in [3.8, 4) is 0 Å². The Balaban J connectivity index is 2.61. The van der Waals surface area contributed by atoms with E-state index >= 15 is 0 Å². The predicted octanol–water partition coefficient (Wildman–Crippen LogP) is 3.47. The normalized spacial score (nSPS) is 27.9. The van der Waals surface area contributed by atoms with Crippen LogP contribution in [0, 0.1) is 5.41 Å². The second-order valence-corrected chi connectivity index (χ2v) is 6.60. The molecule has 88 valence electrons. The highest BCUT2D eigenvalue weighted by Gasteiger charge is 2.49. The number of rotatable bonds is 0. The molecule has 1 nitrogen and oxygen atoms in total. The van der Waals surface area contributed by atoms with E-state index in [9.17, 15) is 5.11 Å². The van der Waals surface area contributed by atoms with Crippen LogP contribution in [0.4, 0.5) is 0 Å². The number of benzene rings is 1. The molecule has 0 aliphatic heterocycles. The van der Waals surface area contributed by atoms with E-state index in [4.69, 9.17) is 0 Å². The van der Waals surface area contributed by atoms with E-state index < -0.39 is 0 Å². The van der Waals surface area contributed by atoms with Crippen molar-refractivity contribution in [3.63, 3.8) is 0 Å². The van der Waals surface area contributed by atoms with Crippen molar-refractivity contribution in [1.29, 1.82) is 0 Å². The van der Waals surface area contributed by atoms with Crippen molar-refractivity contribution in [3.05, 3.63) is 35.4 Å². The largest absolute Gasteiger partial charge is 0.392 e. The summed E-state index contributed by atoms with van der Waals surface area (Å²) in [4.78, 5) is 0. The van der Waals surface area contributed by atoms with Gasteiger partial charge in [-0.1, -0.05) is 58.9 Å². The summed E-state index contributed by atoms with van der Waals surface area (Å²) in [6, 6.07) is 8.47. The Kier molecular flexibility index (Phi) is 2.43. The third-order valence-electron chi connectivity index (χ3n) is 3.98. The van der Waals surface area contributed by atoms with Crippen molar-refractivity contribution in [2.45, 2.75) is 52.1 Å². The molecule has 0 amide bonds. The molecular weight excluding hydrogens is 196 g/mol. The Hall–Kier alpha value is -0.820. The fourth-order valence-corrected chi connectivity index (χ4v) is 3.04. The van der Waals surface area contributed by atoms with Gasteiger partial charge in [0.15, 0.2) is 0 Å². The van der Waals surface area contributed by atoms with Crippen LogP contribution >= 0.6 is 0 Å². The second kappa shape index (κ2) is 3.33. The fraction of sp³-hybridized carbons (Fsp3) is 0.600. The lowest BCUT2D eigenvalue weighted by Gasteiger charge is -2.34. The monoisotopic (exact) mass is 218 g/mol. The summed E-state index contributed by atoms with van der Waals surface area (Å²) in [5, 5.41) is 10.6. The smallest absolute Gasteiger partial charge is 0.0705 e. The highest BCUT2D eigenvalue weighted by Crippen LogP contribution is 2.52. The van der Waals surface area contributed by atoms with Gasteiger partial charge >= 0.3 is 0 Å². The zero-order valence-corrected chi connectivity index (χ0v) is 10.9. The van der Waals surface area contributed by atoms with E-state index in [-0.39, 0.29) is 22.9 Å². The van der Waals surface area contributed by atoms with Gasteiger partial charge in [0.2, 0.25) is 0 Å². The van der Waals surface area contributed by atoms with Crippen molar-refractivity contribution in [2.24, 2.45) is 5.41 Å². The molecule has 2 rings (SSSR count). The minimum absolute atomic E-state index is 0.100. The molecule has 1 heteroatoms. The molecule has 0 saturated carbocycles. The molecule has 0 heterocycles. The molecule has 0 spiro atoms. The molecule has 16 heavy (non-hydrogen) atoms. The molecule has 1 N–H and O–H groups in total. The first kappa shape index (κ1) is 11.7. The minimum Gasteiger partial charge on any atom is -0.392 e. The number of hydrogen-bond donors (Lipinski definition) is 1. The Bertz CT molecular complexity index is 398. The highest BCUT2D eigenvalue weighted by atomic mass is 16.3. The van der Waals surface area contributed by atoms with Crippen LogP contribution < -0.4 is 0 Å². The highest BCUT2D eigenvalue weighted by molar-refractivity contribution is 5.45. The summed E-state index contributed by atoms with van der Waals surface area (Å²) in [6.07, 6.45) is -0.287. The maximum atomic E-state index is 10.6. The van der Waals surface area contributed by atoms with Crippen molar-refractivity contribution in [2.75, 3.05) is 0 Å². The van der Waals surface area contributed by atoms with Crippen LogP contribution in [0.3, 0.4) is 0 Å². The van der Waals surface area contributed by atoms with E-state index in [0.717, 1.165) is 0 Å². The van der Waals surface area contributed by atoms with Gasteiger partial charge in [0.05, 0.1) is 6.10 Å². The molecule has 2 unspecified atom stereocenters. The van der Waals surface area contributed by atoms with Gasteiger partial charge in [-0.3, -0.25) is 0 Å². The van der Waals surface area contributed by atoms with Crippen molar-refractivity contribution in [1.82, 2.24) is 0 Å². The molecule has 2 atom stereocenters. The zero-order valence-electron chi connectivity index (χ0n) is 10.9. The molecule has 1 aliphatic rings. The lowest BCUT2D eigenvalue weighted by atomic mass is 9.73. The van der Waals surface area contributed by atoms with E-state index in [0.29, 0.717) is 0 Å². The average molecular weight is 218 g/mol. The number of fused-ring (bicyclic) bond motifs is 1. The van der Waals surface area contributed by atoms with Crippen LogP contribution in [-0.2, 0) is 5.41 Å². The Morgan fingerprint density at radius 3 is 2.25 bits per heavy atom. The molecule has 0 bridgehead atoms. The van der Waals surface area contributed by atoms with E-state index in [1.165, 1.54) is 11.1 Å². The van der Waals surface area contributed by atoms with Gasteiger partial charge < -0.3 is 5.11 Å². The van der Waals surface area contributed by atoms with Gasteiger partial charge in [0, 0.05) is 11.3 Å². The molecule has 1 aliphatic carbocycles. The molecule has 0 radical (unpaired) electrons.